The van der Waals surface area contributed by atoms with E-state index in [4.69, 9.17) is 0 Å². The average molecular weight is 202 g/mol. The summed E-state index contributed by atoms with van der Waals surface area (Å²) < 4.78 is 0. The molecule has 0 aromatic rings. The largest absolute Gasteiger partial charge is 0.111 e. The van der Waals surface area contributed by atoms with E-state index in [2.05, 4.69) is 11.7 Å². The summed E-state index contributed by atoms with van der Waals surface area (Å²) in [5.74, 6) is 4.56. The van der Waals surface area contributed by atoms with Gasteiger partial charge in [0.1, 0.15) is 0 Å². The molecule has 0 saturated heterocycles. The molecule has 2 heteroatoms. The van der Waals surface area contributed by atoms with Crippen molar-refractivity contribution in [2.24, 2.45) is 17.8 Å². The third kappa shape index (κ3) is 1.95. The first-order valence-electron chi connectivity index (χ1n) is 5.16. The fourth-order valence-electron chi connectivity index (χ4n) is 3.14. The monoisotopic (exact) mass is 202 g/mol. The Balaban J connectivity index is 1.75. The average Bonchev–Trinajstić information content (AvgIpc) is 2.58. The molecule has 70 valence electrons. The summed E-state index contributed by atoms with van der Waals surface area (Å²) in [6.07, 6.45) is 9.09. The van der Waals surface area contributed by atoms with Crippen LogP contribution in [0.3, 0.4) is 0 Å². The van der Waals surface area contributed by atoms with Crippen molar-refractivity contribution in [2.45, 2.75) is 38.5 Å². The lowest BCUT2D eigenvalue weighted by molar-refractivity contribution is 0.457. The fraction of sp³-hybridized carbons (Fsp3) is 1.00. The minimum Gasteiger partial charge on any atom is -0.111 e. The molecule has 0 aliphatic heterocycles. The van der Waals surface area contributed by atoms with Crippen LogP contribution in [-0.2, 0) is 0 Å². The van der Waals surface area contributed by atoms with E-state index in [-0.39, 0.29) is 0 Å². The molecule has 0 spiro atoms. The van der Waals surface area contributed by atoms with E-state index in [0.717, 1.165) is 17.8 Å². The maximum atomic E-state index is 4.19. The Kier molecular flexibility index (Phi) is 3.30. The summed E-state index contributed by atoms with van der Waals surface area (Å²) in [6.45, 7) is 0. The summed E-state index contributed by atoms with van der Waals surface area (Å²) in [4.78, 5) is 0. The predicted octanol–water partition coefficient (Wildman–Crippen LogP) is 3.78. The number of hydrogen-bond donors (Lipinski definition) is 1. The van der Waals surface area contributed by atoms with Crippen molar-refractivity contribution >= 4 is 22.5 Å². The third-order valence-corrected chi connectivity index (χ3v) is 4.67. The normalized spacial score (nSPS) is 40.2. The van der Waals surface area contributed by atoms with Crippen LogP contribution in [0, 0.1) is 17.8 Å². The highest BCUT2D eigenvalue weighted by molar-refractivity contribution is 8.68. The van der Waals surface area contributed by atoms with Crippen LogP contribution >= 0.6 is 22.5 Å². The van der Waals surface area contributed by atoms with Gasteiger partial charge >= 0.3 is 0 Å². The fourth-order valence-corrected chi connectivity index (χ4v) is 3.90. The Hall–Kier alpha value is 0.700. The molecule has 2 fully saturated rings. The zero-order valence-corrected chi connectivity index (χ0v) is 9.25. The van der Waals surface area contributed by atoms with E-state index in [1.807, 2.05) is 0 Å². The Morgan fingerprint density at radius 1 is 1.17 bits per heavy atom. The van der Waals surface area contributed by atoms with Crippen molar-refractivity contribution in [3.63, 3.8) is 0 Å². The second-order valence-corrected chi connectivity index (χ2v) is 5.85. The summed E-state index contributed by atoms with van der Waals surface area (Å²) in [5.41, 5.74) is 0. The predicted molar refractivity (Wildman–Crippen MR) is 59.6 cm³/mol. The van der Waals surface area contributed by atoms with E-state index in [1.165, 1.54) is 31.4 Å². The van der Waals surface area contributed by atoms with Crippen molar-refractivity contribution in [2.75, 3.05) is 5.75 Å². The smallest absolute Gasteiger partial charge is 0.00371 e. The molecule has 2 atom stereocenters. The number of thiol groups is 1. The van der Waals surface area contributed by atoms with Crippen molar-refractivity contribution in [1.29, 1.82) is 0 Å². The molecule has 0 N–H and O–H groups in total. The second kappa shape index (κ2) is 4.28. The molecule has 0 bridgehead atoms. The van der Waals surface area contributed by atoms with E-state index in [0.29, 0.717) is 0 Å². The SMILES string of the molecule is SSCCC1CC2CCCC2C1. The van der Waals surface area contributed by atoms with Crippen LogP contribution in [0.5, 0.6) is 0 Å². The molecule has 2 aliphatic carbocycles. The lowest BCUT2D eigenvalue weighted by atomic mass is 10.0. The van der Waals surface area contributed by atoms with Gasteiger partial charge in [-0.05, 0) is 37.0 Å². The molecule has 0 heterocycles. The van der Waals surface area contributed by atoms with Gasteiger partial charge in [0.25, 0.3) is 0 Å². The third-order valence-electron chi connectivity index (χ3n) is 3.71. The first-order chi connectivity index (χ1) is 5.90. The van der Waals surface area contributed by atoms with Gasteiger partial charge in [0.2, 0.25) is 0 Å². The minimum absolute atomic E-state index is 1.06. The van der Waals surface area contributed by atoms with Gasteiger partial charge in [0.05, 0.1) is 0 Å². The van der Waals surface area contributed by atoms with Gasteiger partial charge in [-0.25, -0.2) is 0 Å². The van der Waals surface area contributed by atoms with Gasteiger partial charge < -0.3 is 0 Å². The highest BCUT2D eigenvalue weighted by atomic mass is 33.1. The summed E-state index contributed by atoms with van der Waals surface area (Å²) >= 11 is 4.19. The van der Waals surface area contributed by atoms with Crippen LogP contribution in [0.25, 0.3) is 0 Å². The summed E-state index contributed by atoms with van der Waals surface area (Å²) in [5, 5.41) is 0. The van der Waals surface area contributed by atoms with Crippen LogP contribution in [0.2, 0.25) is 0 Å². The van der Waals surface area contributed by atoms with E-state index in [9.17, 15) is 0 Å². The van der Waals surface area contributed by atoms with Crippen LogP contribution in [0.1, 0.15) is 38.5 Å². The lowest BCUT2D eigenvalue weighted by Crippen LogP contribution is -1.96. The van der Waals surface area contributed by atoms with Gasteiger partial charge in [-0.15, -0.1) is 11.7 Å². The standard InChI is InChI=1S/C10H18S2/c11-12-5-4-8-6-9-2-1-3-10(9)7-8/h8-11H,1-7H2. The van der Waals surface area contributed by atoms with E-state index >= 15 is 0 Å². The molecular weight excluding hydrogens is 184 g/mol. The summed E-state index contributed by atoms with van der Waals surface area (Å²) in [6, 6.07) is 0. The Morgan fingerprint density at radius 3 is 2.42 bits per heavy atom. The molecule has 0 aromatic carbocycles. The van der Waals surface area contributed by atoms with Crippen molar-refractivity contribution in [3.05, 3.63) is 0 Å². The van der Waals surface area contributed by atoms with Crippen LogP contribution in [0.15, 0.2) is 0 Å². The number of hydrogen-bond acceptors (Lipinski definition) is 2. The van der Waals surface area contributed by atoms with Gasteiger partial charge in [0.15, 0.2) is 0 Å². The molecule has 0 amide bonds. The first kappa shape index (κ1) is 9.26. The molecular formula is C10H18S2. The zero-order chi connectivity index (χ0) is 8.39. The van der Waals surface area contributed by atoms with Gasteiger partial charge in [-0.2, -0.15) is 0 Å². The molecule has 0 radical (unpaired) electrons. The van der Waals surface area contributed by atoms with Crippen LogP contribution in [-0.4, -0.2) is 5.75 Å². The van der Waals surface area contributed by atoms with E-state index < -0.39 is 0 Å². The van der Waals surface area contributed by atoms with Gasteiger partial charge in [0, 0.05) is 5.75 Å². The highest BCUT2D eigenvalue weighted by Gasteiger charge is 2.36. The molecule has 2 rings (SSSR count). The van der Waals surface area contributed by atoms with Crippen LogP contribution < -0.4 is 0 Å². The number of fused-ring (bicyclic) bond motifs is 1. The molecule has 12 heavy (non-hydrogen) atoms. The molecule has 2 aliphatic rings. The van der Waals surface area contributed by atoms with Gasteiger partial charge in [-0.1, -0.05) is 30.1 Å². The van der Waals surface area contributed by atoms with Crippen LogP contribution in [0.4, 0.5) is 0 Å². The quantitative estimate of drug-likeness (QED) is 0.537. The maximum Gasteiger partial charge on any atom is 0.00371 e. The van der Waals surface area contributed by atoms with Crippen molar-refractivity contribution in [3.8, 4) is 0 Å². The molecule has 2 saturated carbocycles. The number of rotatable bonds is 3. The van der Waals surface area contributed by atoms with Crippen molar-refractivity contribution < 1.29 is 0 Å². The first-order valence-corrected chi connectivity index (χ1v) is 7.20. The molecule has 0 nitrogen and oxygen atoms in total. The molecule has 2 unspecified atom stereocenters. The van der Waals surface area contributed by atoms with Crippen molar-refractivity contribution in [1.82, 2.24) is 0 Å². The Morgan fingerprint density at radius 2 is 1.83 bits per heavy atom. The maximum absolute atomic E-state index is 4.19. The highest BCUT2D eigenvalue weighted by Crippen LogP contribution is 2.47. The lowest BCUT2D eigenvalue weighted by Gasteiger charge is -2.08. The Bertz CT molecular complexity index is 135. The van der Waals surface area contributed by atoms with E-state index in [1.54, 1.807) is 23.6 Å². The summed E-state index contributed by atoms with van der Waals surface area (Å²) in [7, 11) is 1.71. The Labute approximate surface area is 84.7 Å². The zero-order valence-electron chi connectivity index (χ0n) is 7.54. The topological polar surface area (TPSA) is 0 Å². The van der Waals surface area contributed by atoms with Gasteiger partial charge in [-0.3, -0.25) is 0 Å². The second-order valence-electron chi connectivity index (χ2n) is 4.41. The minimum atomic E-state index is 1.06. The molecule has 0 aromatic heterocycles.